The summed E-state index contributed by atoms with van der Waals surface area (Å²) in [5.74, 6) is 0. The van der Waals surface area contributed by atoms with Crippen molar-refractivity contribution in [1.82, 2.24) is 0 Å². The molecule has 0 radical (unpaired) electrons. The summed E-state index contributed by atoms with van der Waals surface area (Å²) in [6.07, 6.45) is -0.967. The van der Waals surface area contributed by atoms with Gasteiger partial charge in [0.25, 0.3) is 0 Å². The van der Waals surface area contributed by atoms with Gasteiger partial charge >= 0.3 is 8.25 Å². The number of rotatable bonds is 4. The highest BCUT2D eigenvalue weighted by atomic mass is 35.5. The van der Waals surface area contributed by atoms with Crippen LogP contribution in [-0.2, 0) is 13.8 Å². The normalized spacial score (nSPS) is 14.9. The number of benzene rings is 1. The molecule has 0 heterocycles. The largest absolute Gasteiger partial charge is 0.351 e. The predicted octanol–water partition coefficient (Wildman–Crippen LogP) is 3.04. The predicted molar refractivity (Wildman–Crippen MR) is 58.5 cm³/mol. The van der Waals surface area contributed by atoms with Crippen molar-refractivity contribution in [1.29, 1.82) is 0 Å². The average molecular weight is 271 g/mol. The smallest absolute Gasteiger partial charge is 0.319 e. The van der Waals surface area contributed by atoms with Crippen molar-refractivity contribution in [2.75, 3.05) is 7.11 Å². The molecule has 0 aliphatic heterocycles. The van der Waals surface area contributed by atoms with E-state index in [1.807, 2.05) is 0 Å². The summed E-state index contributed by atoms with van der Waals surface area (Å²) in [7, 11) is -1.74. The van der Waals surface area contributed by atoms with Crippen molar-refractivity contribution in [3.63, 3.8) is 0 Å². The lowest BCUT2D eigenvalue weighted by Crippen LogP contribution is -2.03. The topological polar surface area (TPSA) is 55.8 Å². The SMILES string of the molecule is COC(O[PH](=O)O)c1ccc(Cl)cc1Cl. The van der Waals surface area contributed by atoms with Crippen LogP contribution in [0.4, 0.5) is 0 Å². The molecule has 0 fully saturated rings. The van der Waals surface area contributed by atoms with Crippen molar-refractivity contribution in [2.24, 2.45) is 0 Å². The Morgan fingerprint density at radius 3 is 2.60 bits per heavy atom. The number of halogens is 2. The lowest BCUT2D eigenvalue weighted by molar-refractivity contribution is -0.0570. The molecule has 4 nitrogen and oxygen atoms in total. The van der Waals surface area contributed by atoms with E-state index in [0.717, 1.165) is 0 Å². The van der Waals surface area contributed by atoms with E-state index >= 15 is 0 Å². The van der Waals surface area contributed by atoms with Crippen LogP contribution in [0.25, 0.3) is 0 Å². The van der Waals surface area contributed by atoms with Gasteiger partial charge in [0.1, 0.15) is 0 Å². The van der Waals surface area contributed by atoms with Gasteiger partial charge in [-0.25, -0.2) is 0 Å². The maximum atomic E-state index is 10.5. The van der Waals surface area contributed by atoms with Gasteiger partial charge in [-0.15, -0.1) is 0 Å². The Balaban J connectivity index is 2.96. The summed E-state index contributed by atoms with van der Waals surface area (Å²) >= 11 is 11.6. The number of hydrogen-bond donors (Lipinski definition) is 1. The number of hydrogen-bond acceptors (Lipinski definition) is 3. The van der Waals surface area contributed by atoms with Crippen molar-refractivity contribution in [3.05, 3.63) is 33.8 Å². The van der Waals surface area contributed by atoms with Crippen LogP contribution in [0.1, 0.15) is 11.9 Å². The van der Waals surface area contributed by atoms with Gasteiger partial charge in [0.05, 0.1) is 5.02 Å². The van der Waals surface area contributed by atoms with Crippen molar-refractivity contribution in [2.45, 2.75) is 6.29 Å². The molecule has 15 heavy (non-hydrogen) atoms. The van der Waals surface area contributed by atoms with Gasteiger partial charge in [-0.3, -0.25) is 9.09 Å². The van der Waals surface area contributed by atoms with Gasteiger partial charge in [-0.05, 0) is 12.1 Å². The molecule has 1 N–H and O–H groups in total. The first-order chi connectivity index (χ1) is 7.04. The van der Waals surface area contributed by atoms with E-state index in [4.69, 9.17) is 32.8 Å². The van der Waals surface area contributed by atoms with Crippen LogP contribution in [0.3, 0.4) is 0 Å². The lowest BCUT2D eigenvalue weighted by atomic mass is 10.2. The van der Waals surface area contributed by atoms with Crippen molar-refractivity contribution >= 4 is 31.5 Å². The van der Waals surface area contributed by atoms with Gasteiger partial charge < -0.3 is 9.63 Å². The van der Waals surface area contributed by atoms with Gasteiger partial charge in [0.2, 0.25) is 0 Å². The second kappa shape index (κ2) is 5.85. The zero-order valence-electron chi connectivity index (χ0n) is 7.74. The van der Waals surface area contributed by atoms with E-state index in [9.17, 15) is 4.57 Å². The number of ether oxygens (including phenoxy) is 1. The fourth-order valence-electron chi connectivity index (χ4n) is 1.02. The van der Waals surface area contributed by atoms with E-state index in [0.29, 0.717) is 15.6 Å². The Kier molecular flexibility index (Phi) is 5.06. The summed E-state index contributed by atoms with van der Waals surface area (Å²) in [6.45, 7) is 0. The lowest BCUT2D eigenvalue weighted by Gasteiger charge is -2.15. The average Bonchev–Trinajstić information content (AvgIpc) is 2.14. The molecule has 0 saturated heterocycles. The Hall–Kier alpha value is -0.0900. The molecule has 0 saturated carbocycles. The molecule has 1 rings (SSSR count). The maximum Gasteiger partial charge on any atom is 0.319 e. The van der Waals surface area contributed by atoms with Gasteiger partial charge in [-0.1, -0.05) is 29.3 Å². The van der Waals surface area contributed by atoms with Crippen LogP contribution in [0.2, 0.25) is 10.0 Å². The molecular weight excluding hydrogens is 262 g/mol. The molecule has 84 valence electrons. The third-order valence-corrected chi connectivity index (χ3v) is 2.62. The van der Waals surface area contributed by atoms with E-state index < -0.39 is 14.5 Å². The first-order valence-corrected chi connectivity index (χ1v) is 5.94. The molecule has 0 aromatic heterocycles. The fourth-order valence-corrected chi connectivity index (χ4v) is 1.93. The molecule has 0 aliphatic carbocycles. The first kappa shape index (κ1) is 13.0. The molecule has 0 bridgehead atoms. The highest BCUT2D eigenvalue weighted by Gasteiger charge is 2.16. The zero-order valence-corrected chi connectivity index (χ0v) is 10.2. The fraction of sp³-hybridized carbons (Fsp3) is 0.250. The zero-order chi connectivity index (χ0) is 11.4. The summed E-state index contributed by atoms with van der Waals surface area (Å²) in [5, 5.41) is 0.785. The monoisotopic (exact) mass is 270 g/mol. The van der Waals surface area contributed by atoms with Crippen LogP contribution in [0.15, 0.2) is 18.2 Å². The summed E-state index contributed by atoms with van der Waals surface area (Å²) in [5.41, 5.74) is 0.455. The standard InChI is InChI=1S/C8H9Cl2O4P/c1-13-8(14-15(11)12)6-3-2-5(9)4-7(6)10/h2-4,8,15H,1H3,(H,11,12). The molecule has 1 aromatic carbocycles. The minimum Gasteiger partial charge on any atom is -0.351 e. The van der Waals surface area contributed by atoms with Crippen LogP contribution >= 0.6 is 31.5 Å². The van der Waals surface area contributed by atoms with Crippen molar-refractivity contribution < 1.29 is 18.7 Å². The maximum absolute atomic E-state index is 10.5. The highest BCUT2D eigenvalue weighted by Crippen LogP contribution is 2.34. The first-order valence-electron chi connectivity index (χ1n) is 3.92. The van der Waals surface area contributed by atoms with E-state index in [1.165, 1.54) is 13.2 Å². The third-order valence-electron chi connectivity index (χ3n) is 1.64. The molecule has 0 amide bonds. The second-order valence-corrected chi connectivity index (χ2v) is 4.23. The van der Waals surface area contributed by atoms with Gasteiger partial charge in [-0.2, -0.15) is 0 Å². The minimum absolute atomic E-state index is 0.317. The summed E-state index contributed by atoms with van der Waals surface area (Å²) < 4.78 is 20.1. The second-order valence-electron chi connectivity index (χ2n) is 2.62. The van der Waals surface area contributed by atoms with E-state index in [2.05, 4.69) is 4.52 Å². The Morgan fingerprint density at radius 1 is 1.47 bits per heavy atom. The molecule has 7 heteroatoms. The Morgan fingerprint density at radius 2 is 2.13 bits per heavy atom. The van der Waals surface area contributed by atoms with Crippen molar-refractivity contribution in [3.8, 4) is 0 Å². The van der Waals surface area contributed by atoms with Gasteiger partial charge in [0.15, 0.2) is 6.29 Å². The molecule has 1 aromatic rings. The van der Waals surface area contributed by atoms with E-state index in [1.54, 1.807) is 12.1 Å². The highest BCUT2D eigenvalue weighted by molar-refractivity contribution is 7.32. The van der Waals surface area contributed by atoms with Crippen LogP contribution in [-0.4, -0.2) is 12.0 Å². The Labute approximate surface area is 97.7 Å². The van der Waals surface area contributed by atoms with Gasteiger partial charge in [0, 0.05) is 17.7 Å². The molecule has 2 unspecified atom stereocenters. The minimum atomic E-state index is -3.09. The quantitative estimate of drug-likeness (QED) is 0.675. The van der Waals surface area contributed by atoms with Crippen LogP contribution in [0.5, 0.6) is 0 Å². The van der Waals surface area contributed by atoms with E-state index in [-0.39, 0.29) is 0 Å². The summed E-state index contributed by atoms with van der Waals surface area (Å²) in [4.78, 5) is 8.64. The number of methoxy groups -OCH3 is 1. The Bertz CT molecular complexity index is 372. The van der Waals surface area contributed by atoms with Crippen LogP contribution in [0, 0.1) is 0 Å². The summed E-state index contributed by atoms with van der Waals surface area (Å²) in [6, 6.07) is 4.67. The molecule has 2 atom stereocenters. The third kappa shape index (κ3) is 3.76. The molecule has 0 spiro atoms. The van der Waals surface area contributed by atoms with Crippen LogP contribution < -0.4 is 0 Å². The molecule has 0 aliphatic rings. The molecular formula is C8H9Cl2O4P.